The molecule has 0 aromatic heterocycles. The largest absolute Gasteiger partial charge is 0.489 e. The summed E-state index contributed by atoms with van der Waals surface area (Å²) < 4.78 is 5.43. The summed E-state index contributed by atoms with van der Waals surface area (Å²) >= 11 is 5.93. The molecule has 0 fully saturated rings. The molecule has 0 saturated carbocycles. The molecule has 1 aromatic carbocycles. The molecule has 1 rings (SSSR count). The third-order valence-electron chi connectivity index (χ3n) is 2.77. The number of rotatable bonds is 8. The van der Waals surface area contributed by atoms with Gasteiger partial charge in [-0.2, -0.15) is 0 Å². The van der Waals surface area contributed by atoms with Crippen LogP contribution in [0.3, 0.4) is 0 Å². The van der Waals surface area contributed by atoms with E-state index in [1.807, 2.05) is 24.4 Å². The Labute approximate surface area is 113 Å². The molecule has 102 valence electrons. The molecule has 4 N–H and O–H groups in total. The fourth-order valence-corrected chi connectivity index (χ4v) is 1.73. The summed E-state index contributed by atoms with van der Waals surface area (Å²) in [5.41, 5.74) is 0. The van der Waals surface area contributed by atoms with Gasteiger partial charge in [0.2, 0.25) is 0 Å². The molecule has 0 spiro atoms. The zero-order valence-corrected chi connectivity index (χ0v) is 11.3. The summed E-state index contributed by atoms with van der Waals surface area (Å²) in [5, 5.41) is 21.3. The highest BCUT2D eigenvalue weighted by atomic mass is 35.5. The number of para-hydroxylation sites is 1. The number of aliphatic hydroxyl groups is 2. The molecule has 0 aliphatic rings. The lowest BCUT2D eigenvalue weighted by Crippen LogP contribution is -2.92. The van der Waals surface area contributed by atoms with Crippen LogP contribution in [0.5, 0.6) is 5.75 Å². The van der Waals surface area contributed by atoms with E-state index in [9.17, 15) is 5.11 Å². The van der Waals surface area contributed by atoms with Crippen LogP contribution in [0.25, 0.3) is 0 Å². The van der Waals surface area contributed by atoms with E-state index in [-0.39, 0.29) is 19.3 Å². The average Bonchev–Trinajstić information content (AvgIpc) is 2.39. The van der Waals surface area contributed by atoms with E-state index >= 15 is 0 Å². The van der Waals surface area contributed by atoms with Crippen molar-refractivity contribution in [1.82, 2.24) is 0 Å². The minimum absolute atomic E-state index is 0.120. The lowest BCUT2D eigenvalue weighted by atomic mass is 10.2. The monoisotopic (exact) mass is 274 g/mol. The van der Waals surface area contributed by atoms with Gasteiger partial charge < -0.3 is 20.3 Å². The fourth-order valence-electron chi connectivity index (χ4n) is 1.54. The summed E-state index contributed by atoms with van der Waals surface area (Å²) in [6.07, 6.45) is 0.288. The molecule has 4 nitrogen and oxygen atoms in total. The topological polar surface area (TPSA) is 66.3 Å². The molecule has 18 heavy (non-hydrogen) atoms. The Morgan fingerprint density at radius 1 is 1.39 bits per heavy atom. The predicted octanol–water partition coefficient (Wildman–Crippen LogP) is 0.414. The van der Waals surface area contributed by atoms with Crippen LogP contribution in [-0.4, -0.2) is 42.1 Å². The summed E-state index contributed by atoms with van der Waals surface area (Å²) in [5.74, 6) is 0.576. The highest BCUT2D eigenvalue weighted by Crippen LogP contribution is 2.22. The Balaban J connectivity index is 2.29. The van der Waals surface area contributed by atoms with Crippen molar-refractivity contribution in [1.29, 1.82) is 0 Å². The molecule has 0 aliphatic carbocycles. The fraction of sp³-hybridized carbons (Fsp3) is 0.538. The lowest BCUT2D eigenvalue weighted by Gasteiger charge is -2.15. The molecule has 0 aliphatic heterocycles. The first-order valence-corrected chi connectivity index (χ1v) is 6.54. The number of hydrogen-bond donors (Lipinski definition) is 3. The zero-order chi connectivity index (χ0) is 13.4. The maximum Gasteiger partial charge on any atom is 0.138 e. The minimum atomic E-state index is -0.582. The van der Waals surface area contributed by atoms with Gasteiger partial charge in [-0.05, 0) is 18.6 Å². The van der Waals surface area contributed by atoms with Gasteiger partial charge in [-0.25, -0.2) is 0 Å². The Hall–Kier alpha value is -0.810. The van der Waals surface area contributed by atoms with E-state index in [4.69, 9.17) is 21.4 Å². The van der Waals surface area contributed by atoms with Gasteiger partial charge in [0.25, 0.3) is 0 Å². The van der Waals surface area contributed by atoms with Crippen LogP contribution in [0.15, 0.2) is 24.3 Å². The SMILES string of the molecule is CC[C@H](CO)[NH2+]C[C@@H](O)COc1ccccc1Cl. The van der Waals surface area contributed by atoms with Crippen LogP contribution in [0.1, 0.15) is 13.3 Å². The Kier molecular flexibility index (Phi) is 7.05. The van der Waals surface area contributed by atoms with E-state index in [1.54, 1.807) is 12.1 Å². The Morgan fingerprint density at radius 2 is 2.11 bits per heavy atom. The molecule has 2 atom stereocenters. The average molecular weight is 275 g/mol. The molecule has 0 heterocycles. The standard InChI is InChI=1S/C13H20ClNO3/c1-2-10(8-16)15-7-11(17)9-18-13-6-4-3-5-12(13)14/h3-6,10-11,15-17H,2,7-9H2,1H3/p+1/t10-,11-/m1/s1. The van der Waals surface area contributed by atoms with Crippen molar-refractivity contribution < 1.29 is 20.3 Å². The third-order valence-corrected chi connectivity index (χ3v) is 3.08. The van der Waals surface area contributed by atoms with Crippen LogP contribution in [-0.2, 0) is 0 Å². The number of hydrogen-bond acceptors (Lipinski definition) is 3. The number of ether oxygens (including phenoxy) is 1. The molecule has 0 unspecified atom stereocenters. The van der Waals surface area contributed by atoms with Gasteiger partial charge in [0.05, 0.1) is 11.6 Å². The quantitative estimate of drug-likeness (QED) is 0.643. The van der Waals surface area contributed by atoms with Gasteiger partial charge in [0.15, 0.2) is 0 Å². The van der Waals surface area contributed by atoms with Crippen molar-refractivity contribution in [2.45, 2.75) is 25.5 Å². The molecule has 0 bridgehead atoms. The van der Waals surface area contributed by atoms with Gasteiger partial charge in [-0.3, -0.25) is 0 Å². The molecule has 5 heteroatoms. The smallest absolute Gasteiger partial charge is 0.138 e. The second-order valence-electron chi connectivity index (χ2n) is 4.22. The second-order valence-corrected chi connectivity index (χ2v) is 4.62. The summed E-state index contributed by atoms with van der Waals surface area (Å²) in [7, 11) is 0. The van der Waals surface area contributed by atoms with Crippen LogP contribution < -0.4 is 10.1 Å². The molecular formula is C13H21ClNO3+. The van der Waals surface area contributed by atoms with Gasteiger partial charge in [0, 0.05) is 0 Å². The van der Waals surface area contributed by atoms with Crippen LogP contribution in [0.4, 0.5) is 0 Å². The van der Waals surface area contributed by atoms with Gasteiger partial charge in [-0.15, -0.1) is 0 Å². The first kappa shape index (κ1) is 15.2. The van der Waals surface area contributed by atoms with Crippen molar-refractivity contribution in [3.05, 3.63) is 29.3 Å². The zero-order valence-electron chi connectivity index (χ0n) is 10.6. The van der Waals surface area contributed by atoms with Gasteiger partial charge in [-0.1, -0.05) is 30.7 Å². The predicted molar refractivity (Wildman–Crippen MR) is 70.9 cm³/mol. The number of benzene rings is 1. The number of quaternary nitrogens is 1. The van der Waals surface area contributed by atoms with Crippen molar-refractivity contribution in [3.63, 3.8) is 0 Å². The summed E-state index contributed by atoms with van der Waals surface area (Å²) in [6.45, 7) is 2.82. The summed E-state index contributed by atoms with van der Waals surface area (Å²) in [6, 6.07) is 7.31. The molecule has 0 amide bonds. The molecule has 0 saturated heterocycles. The molecule has 1 aromatic rings. The van der Waals surface area contributed by atoms with E-state index in [0.717, 1.165) is 6.42 Å². The van der Waals surface area contributed by atoms with Crippen molar-refractivity contribution >= 4 is 11.6 Å². The van der Waals surface area contributed by atoms with Crippen molar-refractivity contribution in [3.8, 4) is 5.75 Å². The normalized spacial score (nSPS) is 14.2. The first-order chi connectivity index (χ1) is 8.67. The van der Waals surface area contributed by atoms with Crippen LogP contribution in [0.2, 0.25) is 5.02 Å². The van der Waals surface area contributed by atoms with E-state index < -0.39 is 6.10 Å². The number of nitrogens with two attached hydrogens (primary N) is 1. The van der Waals surface area contributed by atoms with Crippen molar-refractivity contribution in [2.24, 2.45) is 0 Å². The summed E-state index contributed by atoms with van der Waals surface area (Å²) in [4.78, 5) is 0. The van der Waals surface area contributed by atoms with Crippen LogP contribution >= 0.6 is 11.6 Å². The van der Waals surface area contributed by atoms with Crippen LogP contribution in [0, 0.1) is 0 Å². The Morgan fingerprint density at radius 3 is 2.72 bits per heavy atom. The van der Waals surface area contributed by atoms with Crippen molar-refractivity contribution in [2.75, 3.05) is 19.8 Å². The maximum atomic E-state index is 9.76. The van der Waals surface area contributed by atoms with E-state index in [1.165, 1.54) is 0 Å². The van der Waals surface area contributed by atoms with E-state index in [2.05, 4.69) is 0 Å². The highest BCUT2D eigenvalue weighted by molar-refractivity contribution is 6.32. The number of aliphatic hydroxyl groups excluding tert-OH is 2. The second kappa shape index (κ2) is 8.32. The Bertz CT molecular complexity index is 345. The minimum Gasteiger partial charge on any atom is -0.489 e. The van der Waals surface area contributed by atoms with Gasteiger partial charge in [0.1, 0.15) is 31.0 Å². The third kappa shape index (κ3) is 5.23. The first-order valence-electron chi connectivity index (χ1n) is 6.17. The lowest BCUT2D eigenvalue weighted by molar-refractivity contribution is -0.696. The highest BCUT2D eigenvalue weighted by Gasteiger charge is 2.13. The molecular weight excluding hydrogens is 254 g/mol. The molecule has 0 radical (unpaired) electrons. The van der Waals surface area contributed by atoms with Gasteiger partial charge >= 0.3 is 0 Å². The van der Waals surface area contributed by atoms with E-state index in [0.29, 0.717) is 17.3 Å². The number of halogens is 1. The maximum absolute atomic E-state index is 9.76.